The Morgan fingerprint density at radius 1 is 1.11 bits per heavy atom. The lowest BCUT2D eigenvalue weighted by molar-refractivity contribution is 0.600. The van der Waals surface area contributed by atoms with E-state index in [0.29, 0.717) is 22.0 Å². The number of sulfonamides is 1. The minimum atomic E-state index is -3.65. The summed E-state index contributed by atoms with van der Waals surface area (Å²) in [5.41, 5.74) is 7.12. The summed E-state index contributed by atoms with van der Waals surface area (Å²) < 4.78 is 27.0. The molecule has 0 saturated carbocycles. The Balaban J connectivity index is 2.37. The number of halogens is 1. The summed E-state index contributed by atoms with van der Waals surface area (Å²) in [7, 11) is -3.65. The van der Waals surface area contributed by atoms with Crippen molar-refractivity contribution < 1.29 is 8.42 Å². The first-order chi connectivity index (χ1) is 8.88. The van der Waals surface area contributed by atoms with E-state index >= 15 is 0 Å². The molecule has 100 valence electrons. The van der Waals surface area contributed by atoms with Crippen LogP contribution in [0.5, 0.6) is 0 Å². The minimum absolute atomic E-state index is 0.169. The van der Waals surface area contributed by atoms with Crippen molar-refractivity contribution in [1.29, 1.82) is 0 Å². The number of hydrogen-bond acceptors (Lipinski definition) is 3. The van der Waals surface area contributed by atoms with Gasteiger partial charge in [-0.15, -0.1) is 0 Å². The van der Waals surface area contributed by atoms with Gasteiger partial charge in [0, 0.05) is 16.4 Å². The van der Waals surface area contributed by atoms with Crippen LogP contribution in [-0.2, 0) is 10.0 Å². The summed E-state index contributed by atoms with van der Waals surface area (Å²) in [6.45, 7) is 1.72. The fourth-order valence-electron chi connectivity index (χ4n) is 1.63. The van der Waals surface area contributed by atoms with Crippen LogP contribution in [0.1, 0.15) is 5.56 Å². The molecule has 0 fully saturated rings. The highest BCUT2D eigenvalue weighted by Crippen LogP contribution is 2.22. The zero-order chi connectivity index (χ0) is 14.0. The second kappa shape index (κ2) is 5.11. The van der Waals surface area contributed by atoms with Gasteiger partial charge in [0.05, 0.1) is 4.90 Å². The number of benzene rings is 2. The van der Waals surface area contributed by atoms with E-state index in [-0.39, 0.29) is 4.90 Å². The predicted octanol–water partition coefficient (Wildman–Crippen LogP) is 3.03. The Morgan fingerprint density at radius 2 is 1.74 bits per heavy atom. The van der Waals surface area contributed by atoms with Gasteiger partial charge in [-0.3, -0.25) is 4.72 Å². The molecule has 4 nitrogen and oxygen atoms in total. The molecule has 0 radical (unpaired) electrons. The van der Waals surface area contributed by atoms with Gasteiger partial charge >= 0.3 is 0 Å². The highest BCUT2D eigenvalue weighted by Gasteiger charge is 2.17. The van der Waals surface area contributed by atoms with E-state index < -0.39 is 10.0 Å². The monoisotopic (exact) mass is 296 g/mol. The van der Waals surface area contributed by atoms with Crippen molar-refractivity contribution in [3.8, 4) is 0 Å². The van der Waals surface area contributed by atoms with Crippen molar-refractivity contribution in [2.24, 2.45) is 0 Å². The molecule has 19 heavy (non-hydrogen) atoms. The fourth-order valence-corrected chi connectivity index (χ4v) is 3.10. The van der Waals surface area contributed by atoms with Crippen molar-refractivity contribution in [2.75, 3.05) is 10.5 Å². The van der Waals surface area contributed by atoms with E-state index in [0.717, 1.165) is 0 Å². The average Bonchev–Trinajstić information content (AvgIpc) is 2.35. The van der Waals surface area contributed by atoms with Crippen LogP contribution in [0, 0.1) is 6.92 Å². The zero-order valence-corrected chi connectivity index (χ0v) is 11.8. The van der Waals surface area contributed by atoms with Gasteiger partial charge in [-0.25, -0.2) is 8.42 Å². The zero-order valence-electron chi connectivity index (χ0n) is 10.2. The van der Waals surface area contributed by atoms with Crippen LogP contribution in [0.25, 0.3) is 0 Å². The molecule has 0 unspecified atom stereocenters. The summed E-state index contributed by atoms with van der Waals surface area (Å²) in [6.07, 6.45) is 0. The van der Waals surface area contributed by atoms with Gasteiger partial charge in [-0.1, -0.05) is 17.7 Å². The van der Waals surface area contributed by atoms with E-state index in [4.69, 9.17) is 17.3 Å². The molecule has 0 aliphatic heterocycles. The van der Waals surface area contributed by atoms with E-state index in [1.165, 1.54) is 6.07 Å². The van der Waals surface area contributed by atoms with Gasteiger partial charge in [0.25, 0.3) is 10.0 Å². The number of nitrogen functional groups attached to an aromatic ring is 1. The largest absolute Gasteiger partial charge is 0.399 e. The Morgan fingerprint density at radius 3 is 2.37 bits per heavy atom. The van der Waals surface area contributed by atoms with Crippen molar-refractivity contribution >= 4 is 33.0 Å². The van der Waals surface area contributed by atoms with E-state index in [2.05, 4.69) is 4.72 Å². The normalized spacial score (nSPS) is 11.3. The summed E-state index contributed by atoms with van der Waals surface area (Å²) in [6, 6.07) is 11.2. The summed E-state index contributed by atoms with van der Waals surface area (Å²) in [5.74, 6) is 0. The van der Waals surface area contributed by atoms with Crippen molar-refractivity contribution in [1.82, 2.24) is 0 Å². The summed E-state index contributed by atoms with van der Waals surface area (Å²) in [4.78, 5) is 0.169. The first kappa shape index (κ1) is 13.7. The molecule has 0 saturated heterocycles. The molecule has 0 heterocycles. The number of aryl methyl sites for hydroxylation is 1. The third-order valence-corrected chi connectivity index (χ3v) is 4.37. The quantitative estimate of drug-likeness (QED) is 0.855. The van der Waals surface area contributed by atoms with Crippen molar-refractivity contribution in [3.05, 3.63) is 53.1 Å². The molecule has 0 aliphatic carbocycles. The molecular weight excluding hydrogens is 284 g/mol. The fraction of sp³-hybridized carbons (Fsp3) is 0.0769. The Kier molecular flexibility index (Phi) is 3.68. The van der Waals surface area contributed by atoms with Crippen LogP contribution >= 0.6 is 11.6 Å². The lowest BCUT2D eigenvalue weighted by atomic mass is 10.2. The van der Waals surface area contributed by atoms with Gasteiger partial charge in [0.1, 0.15) is 0 Å². The third-order valence-electron chi connectivity index (χ3n) is 2.60. The van der Waals surface area contributed by atoms with Crippen LogP contribution in [0.15, 0.2) is 47.4 Å². The lowest BCUT2D eigenvalue weighted by Crippen LogP contribution is -2.14. The molecule has 2 aromatic rings. The van der Waals surface area contributed by atoms with Crippen LogP contribution in [0.2, 0.25) is 5.02 Å². The minimum Gasteiger partial charge on any atom is -0.399 e. The Bertz CT molecular complexity index is 697. The van der Waals surface area contributed by atoms with Gasteiger partial charge in [0.2, 0.25) is 0 Å². The van der Waals surface area contributed by atoms with Crippen LogP contribution < -0.4 is 10.5 Å². The van der Waals surface area contributed by atoms with E-state index in [1.807, 2.05) is 0 Å². The maximum absolute atomic E-state index is 12.3. The van der Waals surface area contributed by atoms with Crippen LogP contribution in [-0.4, -0.2) is 8.42 Å². The summed E-state index contributed by atoms with van der Waals surface area (Å²) >= 11 is 5.75. The number of hydrogen-bond donors (Lipinski definition) is 2. The molecule has 0 amide bonds. The number of nitrogens with two attached hydrogens (primary N) is 1. The molecule has 2 aromatic carbocycles. The Hall–Kier alpha value is -1.72. The molecule has 0 aliphatic rings. The molecule has 3 N–H and O–H groups in total. The SMILES string of the molecule is Cc1ccc(N)cc1S(=O)(=O)Nc1ccc(Cl)cc1. The molecular formula is C13H13ClN2O2S. The molecule has 2 rings (SSSR count). The average molecular weight is 297 g/mol. The molecule has 0 atom stereocenters. The second-order valence-electron chi connectivity index (χ2n) is 4.14. The maximum atomic E-state index is 12.3. The Labute approximate surface area is 117 Å². The maximum Gasteiger partial charge on any atom is 0.262 e. The topological polar surface area (TPSA) is 72.2 Å². The number of rotatable bonds is 3. The van der Waals surface area contributed by atoms with Gasteiger partial charge < -0.3 is 5.73 Å². The molecule has 0 aromatic heterocycles. The lowest BCUT2D eigenvalue weighted by Gasteiger charge is -2.11. The number of anilines is 2. The summed E-state index contributed by atoms with van der Waals surface area (Å²) in [5, 5.41) is 0.545. The molecule has 6 heteroatoms. The smallest absolute Gasteiger partial charge is 0.262 e. The first-order valence-corrected chi connectivity index (χ1v) is 7.39. The third kappa shape index (κ3) is 3.19. The standard InChI is InChI=1S/C13H13ClN2O2S/c1-9-2-5-11(15)8-13(9)19(17,18)16-12-6-3-10(14)4-7-12/h2-8,16H,15H2,1H3. The van der Waals surface area contributed by atoms with Crippen LogP contribution in [0.3, 0.4) is 0 Å². The number of nitrogens with one attached hydrogen (secondary N) is 1. The predicted molar refractivity (Wildman–Crippen MR) is 77.9 cm³/mol. The first-order valence-electron chi connectivity index (χ1n) is 5.53. The van der Waals surface area contributed by atoms with Crippen LogP contribution in [0.4, 0.5) is 11.4 Å². The van der Waals surface area contributed by atoms with Gasteiger partial charge in [0.15, 0.2) is 0 Å². The highest BCUT2D eigenvalue weighted by molar-refractivity contribution is 7.92. The second-order valence-corrected chi connectivity index (χ2v) is 6.22. The van der Waals surface area contributed by atoms with Gasteiger partial charge in [-0.05, 0) is 48.9 Å². The molecule has 0 bridgehead atoms. The van der Waals surface area contributed by atoms with Crippen molar-refractivity contribution in [2.45, 2.75) is 11.8 Å². The molecule has 0 spiro atoms. The van der Waals surface area contributed by atoms with Gasteiger partial charge in [-0.2, -0.15) is 0 Å². The van der Waals surface area contributed by atoms with E-state index in [1.54, 1.807) is 43.3 Å². The van der Waals surface area contributed by atoms with E-state index in [9.17, 15) is 8.42 Å². The highest BCUT2D eigenvalue weighted by atomic mass is 35.5. The van der Waals surface area contributed by atoms with Crippen molar-refractivity contribution in [3.63, 3.8) is 0 Å².